The van der Waals surface area contributed by atoms with Crippen LogP contribution in [0.15, 0.2) is 12.4 Å². The molecule has 0 saturated carbocycles. The third-order valence-corrected chi connectivity index (χ3v) is 3.03. The van der Waals surface area contributed by atoms with Gasteiger partial charge in [-0.05, 0) is 12.3 Å². The molecule has 1 atom stereocenters. The zero-order valence-corrected chi connectivity index (χ0v) is 10.2. The van der Waals surface area contributed by atoms with Crippen molar-refractivity contribution in [3.63, 3.8) is 0 Å². The van der Waals surface area contributed by atoms with Gasteiger partial charge in [-0.2, -0.15) is 0 Å². The van der Waals surface area contributed by atoms with Crippen molar-refractivity contribution < 1.29 is 4.74 Å². The maximum atomic E-state index is 5.35. The molecule has 0 amide bonds. The van der Waals surface area contributed by atoms with E-state index in [4.69, 9.17) is 4.74 Å². The van der Waals surface area contributed by atoms with E-state index in [9.17, 15) is 0 Å². The molecule has 1 aliphatic heterocycles. The van der Waals surface area contributed by atoms with Crippen LogP contribution in [0, 0.1) is 0 Å². The largest absolute Gasteiger partial charge is 0.380 e. The second kappa shape index (κ2) is 4.78. The Balaban J connectivity index is 2.12. The minimum atomic E-state index is 0.338. The first-order valence-corrected chi connectivity index (χ1v) is 5.80. The summed E-state index contributed by atoms with van der Waals surface area (Å²) in [7, 11) is 1.77. The van der Waals surface area contributed by atoms with Crippen LogP contribution < -0.4 is 4.90 Å². The highest BCUT2D eigenvalue weighted by molar-refractivity contribution is 5.38. The quantitative estimate of drug-likeness (QED) is 0.780. The van der Waals surface area contributed by atoms with Crippen LogP contribution >= 0.6 is 0 Å². The van der Waals surface area contributed by atoms with Gasteiger partial charge in [-0.25, -0.2) is 4.98 Å². The molecule has 1 aromatic heterocycles. The maximum Gasteiger partial charge on any atom is 0.147 e. The second-order valence-corrected chi connectivity index (χ2v) is 4.55. The van der Waals surface area contributed by atoms with Crippen molar-refractivity contribution in [2.45, 2.75) is 32.3 Å². The van der Waals surface area contributed by atoms with E-state index in [1.165, 1.54) is 0 Å². The average Bonchev–Trinajstić information content (AvgIpc) is 2.77. The summed E-state index contributed by atoms with van der Waals surface area (Å²) in [5, 5.41) is 0. The van der Waals surface area contributed by atoms with E-state index in [1.54, 1.807) is 7.11 Å². The molecule has 1 aromatic rings. The van der Waals surface area contributed by atoms with Gasteiger partial charge < -0.3 is 9.64 Å². The van der Waals surface area contributed by atoms with Gasteiger partial charge in [-0.1, -0.05) is 13.8 Å². The summed E-state index contributed by atoms with van der Waals surface area (Å²) in [4.78, 5) is 11.1. The molecule has 1 aliphatic rings. The van der Waals surface area contributed by atoms with E-state index in [0.29, 0.717) is 12.0 Å². The van der Waals surface area contributed by atoms with Crippen molar-refractivity contribution in [2.24, 2.45) is 0 Å². The summed E-state index contributed by atoms with van der Waals surface area (Å²) in [6.07, 6.45) is 5.09. The zero-order chi connectivity index (χ0) is 11.5. The summed E-state index contributed by atoms with van der Waals surface area (Å²) in [5.41, 5.74) is 1.05. The Labute approximate surface area is 96.7 Å². The predicted octanol–water partition coefficient (Wildman–Crippen LogP) is 1.83. The van der Waals surface area contributed by atoms with Gasteiger partial charge in [0.25, 0.3) is 0 Å². The van der Waals surface area contributed by atoms with Crippen LogP contribution in [0.25, 0.3) is 0 Å². The van der Waals surface area contributed by atoms with Crippen LogP contribution in [0.2, 0.25) is 0 Å². The third kappa shape index (κ3) is 2.32. The number of anilines is 1. The number of hydrogen-bond donors (Lipinski definition) is 0. The Bertz CT molecular complexity index is 354. The molecule has 0 radical (unpaired) electrons. The van der Waals surface area contributed by atoms with Crippen molar-refractivity contribution in [1.29, 1.82) is 0 Å². The van der Waals surface area contributed by atoms with Gasteiger partial charge in [0.05, 0.1) is 18.0 Å². The standard InChI is InChI=1S/C12H19N3O/c1-9(2)11-6-13-7-12(14-11)15-5-4-10(8-15)16-3/h6-7,9-10H,4-5,8H2,1-3H3. The van der Waals surface area contributed by atoms with Gasteiger partial charge in [0, 0.05) is 26.4 Å². The average molecular weight is 221 g/mol. The highest BCUT2D eigenvalue weighted by Gasteiger charge is 2.23. The molecule has 2 rings (SSSR count). The van der Waals surface area contributed by atoms with E-state index < -0.39 is 0 Å². The fraction of sp³-hybridized carbons (Fsp3) is 0.667. The lowest BCUT2D eigenvalue weighted by molar-refractivity contribution is 0.121. The number of rotatable bonds is 3. The van der Waals surface area contributed by atoms with E-state index in [2.05, 4.69) is 28.7 Å². The van der Waals surface area contributed by atoms with Gasteiger partial charge in [-0.15, -0.1) is 0 Å². The summed E-state index contributed by atoms with van der Waals surface area (Å²) >= 11 is 0. The SMILES string of the molecule is COC1CCN(c2cncc(C(C)C)n2)C1. The lowest BCUT2D eigenvalue weighted by Gasteiger charge is -2.17. The Morgan fingerprint density at radius 3 is 2.88 bits per heavy atom. The number of methoxy groups -OCH3 is 1. The highest BCUT2D eigenvalue weighted by Crippen LogP contribution is 2.20. The molecule has 0 aromatic carbocycles. The Hall–Kier alpha value is -1.16. The summed E-state index contributed by atoms with van der Waals surface area (Å²) in [6, 6.07) is 0. The summed E-state index contributed by atoms with van der Waals surface area (Å²) in [6.45, 7) is 6.20. The van der Waals surface area contributed by atoms with Gasteiger partial charge in [0.15, 0.2) is 0 Å². The molecule has 2 heterocycles. The van der Waals surface area contributed by atoms with Crippen LogP contribution in [-0.2, 0) is 4.74 Å². The molecule has 0 bridgehead atoms. The van der Waals surface area contributed by atoms with Crippen LogP contribution in [0.5, 0.6) is 0 Å². The third-order valence-electron chi connectivity index (χ3n) is 3.03. The normalized spacial score (nSPS) is 20.8. The lowest BCUT2D eigenvalue weighted by Crippen LogP contribution is -2.23. The topological polar surface area (TPSA) is 38.2 Å². The van der Waals surface area contributed by atoms with E-state index in [-0.39, 0.29) is 0 Å². The van der Waals surface area contributed by atoms with Crippen LogP contribution in [0.3, 0.4) is 0 Å². The van der Waals surface area contributed by atoms with E-state index >= 15 is 0 Å². The fourth-order valence-corrected chi connectivity index (χ4v) is 1.93. The lowest BCUT2D eigenvalue weighted by atomic mass is 10.1. The first-order chi connectivity index (χ1) is 7.70. The van der Waals surface area contributed by atoms with E-state index in [1.807, 2.05) is 12.4 Å². The predicted molar refractivity (Wildman–Crippen MR) is 63.7 cm³/mol. The van der Waals surface area contributed by atoms with Gasteiger partial charge in [0.1, 0.15) is 5.82 Å². The van der Waals surface area contributed by atoms with Crippen molar-refractivity contribution in [3.05, 3.63) is 18.1 Å². The number of nitrogens with zero attached hydrogens (tertiary/aromatic N) is 3. The monoisotopic (exact) mass is 221 g/mol. The second-order valence-electron chi connectivity index (χ2n) is 4.55. The molecule has 16 heavy (non-hydrogen) atoms. The molecule has 4 nitrogen and oxygen atoms in total. The maximum absolute atomic E-state index is 5.35. The molecular weight excluding hydrogens is 202 g/mol. The molecule has 88 valence electrons. The summed E-state index contributed by atoms with van der Waals surface area (Å²) < 4.78 is 5.35. The van der Waals surface area contributed by atoms with Gasteiger partial charge >= 0.3 is 0 Å². The van der Waals surface area contributed by atoms with Crippen molar-refractivity contribution in [2.75, 3.05) is 25.1 Å². The van der Waals surface area contributed by atoms with Gasteiger partial charge in [0.2, 0.25) is 0 Å². The minimum Gasteiger partial charge on any atom is -0.380 e. The molecule has 4 heteroatoms. The molecular formula is C12H19N3O. The van der Waals surface area contributed by atoms with Crippen molar-refractivity contribution >= 4 is 5.82 Å². The molecule has 1 saturated heterocycles. The fourth-order valence-electron chi connectivity index (χ4n) is 1.93. The molecule has 0 N–H and O–H groups in total. The Morgan fingerprint density at radius 2 is 2.25 bits per heavy atom. The highest BCUT2D eigenvalue weighted by atomic mass is 16.5. The minimum absolute atomic E-state index is 0.338. The van der Waals surface area contributed by atoms with Crippen LogP contribution in [-0.4, -0.2) is 36.3 Å². The first kappa shape index (κ1) is 11.3. The van der Waals surface area contributed by atoms with Crippen LogP contribution in [0.1, 0.15) is 31.9 Å². The molecule has 1 unspecified atom stereocenters. The van der Waals surface area contributed by atoms with Crippen LogP contribution in [0.4, 0.5) is 5.82 Å². The van der Waals surface area contributed by atoms with Gasteiger partial charge in [-0.3, -0.25) is 4.98 Å². The smallest absolute Gasteiger partial charge is 0.147 e. The summed E-state index contributed by atoms with van der Waals surface area (Å²) in [5.74, 6) is 1.40. The zero-order valence-electron chi connectivity index (χ0n) is 10.2. The molecule has 1 fully saturated rings. The Morgan fingerprint density at radius 1 is 1.44 bits per heavy atom. The first-order valence-electron chi connectivity index (χ1n) is 5.80. The van der Waals surface area contributed by atoms with E-state index in [0.717, 1.165) is 31.0 Å². The molecule has 0 spiro atoms. The number of hydrogen-bond acceptors (Lipinski definition) is 4. The Kier molecular flexibility index (Phi) is 3.39. The number of aromatic nitrogens is 2. The van der Waals surface area contributed by atoms with Crippen molar-refractivity contribution in [1.82, 2.24) is 9.97 Å². The van der Waals surface area contributed by atoms with Crippen molar-refractivity contribution in [3.8, 4) is 0 Å². The number of ether oxygens (including phenoxy) is 1. The molecule has 0 aliphatic carbocycles.